The van der Waals surface area contributed by atoms with Crippen molar-refractivity contribution in [1.82, 2.24) is 15.3 Å². The summed E-state index contributed by atoms with van der Waals surface area (Å²) in [5.41, 5.74) is 3.11. The molecule has 0 aliphatic rings. The molecule has 1 amide bonds. The van der Waals surface area contributed by atoms with Gasteiger partial charge in [-0.25, -0.2) is 4.98 Å². The van der Waals surface area contributed by atoms with Crippen LogP contribution in [0.15, 0.2) is 36.9 Å². The molecular weight excluding hydrogens is 329 g/mol. The summed E-state index contributed by atoms with van der Waals surface area (Å²) in [6.45, 7) is 5.41. The third-order valence-corrected chi connectivity index (χ3v) is 3.98. The lowest BCUT2D eigenvalue weighted by atomic mass is 10.1. The Hall–Kier alpha value is -2.66. The zero-order valence-electron chi connectivity index (χ0n) is 13.0. The summed E-state index contributed by atoms with van der Waals surface area (Å²) >= 11 is 6.33. The number of benzene rings is 1. The predicted octanol–water partition coefficient (Wildman–Crippen LogP) is 4.30. The number of amides is 1. The van der Waals surface area contributed by atoms with E-state index in [1.165, 1.54) is 13.0 Å². The molecular formula is C18H15ClFN3O. The molecule has 0 spiro atoms. The maximum atomic E-state index is 13.9. The van der Waals surface area contributed by atoms with Gasteiger partial charge < -0.3 is 10.3 Å². The van der Waals surface area contributed by atoms with E-state index in [4.69, 9.17) is 11.6 Å². The Morgan fingerprint density at radius 3 is 2.88 bits per heavy atom. The number of H-pyrrole nitrogens is 1. The number of halogens is 2. The van der Waals surface area contributed by atoms with E-state index in [2.05, 4.69) is 21.9 Å². The lowest BCUT2D eigenvalue weighted by Gasteiger charge is -2.06. The molecule has 0 saturated heterocycles. The normalized spacial score (nSPS) is 10.8. The Balaban J connectivity index is 2.02. The number of hydrogen-bond donors (Lipinski definition) is 2. The fourth-order valence-corrected chi connectivity index (χ4v) is 2.74. The maximum Gasteiger partial charge on any atom is 0.220 e. The van der Waals surface area contributed by atoms with Crippen LogP contribution in [0.2, 0.25) is 5.02 Å². The molecule has 2 N–H and O–H groups in total. The number of pyridine rings is 1. The molecule has 24 heavy (non-hydrogen) atoms. The Labute approximate surface area is 143 Å². The van der Waals surface area contributed by atoms with Gasteiger partial charge in [0.2, 0.25) is 11.9 Å². The molecule has 1 aromatic carbocycles. The first-order chi connectivity index (χ1) is 11.5. The molecule has 0 radical (unpaired) electrons. The van der Waals surface area contributed by atoms with Crippen LogP contribution in [0.5, 0.6) is 0 Å². The lowest BCUT2D eigenvalue weighted by Crippen LogP contribution is -2.18. The smallest absolute Gasteiger partial charge is 0.220 e. The molecule has 0 atom stereocenters. The second kappa shape index (κ2) is 6.45. The van der Waals surface area contributed by atoms with E-state index in [1.807, 2.05) is 12.1 Å². The quantitative estimate of drug-likeness (QED) is 0.694. The fourth-order valence-electron chi connectivity index (χ4n) is 2.47. The van der Waals surface area contributed by atoms with E-state index >= 15 is 0 Å². The predicted molar refractivity (Wildman–Crippen MR) is 94.1 cm³/mol. The van der Waals surface area contributed by atoms with Crippen LogP contribution in [0.3, 0.4) is 0 Å². The van der Waals surface area contributed by atoms with Crippen molar-refractivity contribution in [3.05, 3.63) is 59.1 Å². The van der Waals surface area contributed by atoms with Gasteiger partial charge in [0.05, 0.1) is 17.3 Å². The van der Waals surface area contributed by atoms with Gasteiger partial charge in [-0.3, -0.25) is 4.79 Å². The number of carbonyl (C=O) groups is 1. The highest BCUT2D eigenvalue weighted by molar-refractivity contribution is 6.34. The number of rotatable bonds is 4. The summed E-state index contributed by atoms with van der Waals surface area (Å²) in [5.74, 6) is -0.689. The number of fused-ring (bicyclic) bond motifs is 1. The van der Waals surface area contributed by atoms with Gasteiger partial charge in [0.15, 0.2) is 0 Å². The van der Waals surface area contributed by atoms with Crippen LogP contribution in [0, 0.1) is 5.95 Å². The third kappa shape index (κ3) is 3.16. The molecule has 0 unspecified atom stereocenters. The third-order valence-electron chi connectivity index (χ3n) is 3.67. The summed E-state index contributed by atoms with van der Waals surface area (Å²) in [5, 5.41) is 4.12. The minimum Gasteiger partial charge on any atom is -0.357 e. The number of nitrogens with one attached hydrogen (secondary N) is 2. The van der Waals surface area contributed by atoms with Gasteiger partial charge in [-0.1, -0.05) is 24.3 Å². The van der Waals surface area contributed by atoms with Gasteiger partial charge >= 0.3 is 0 Å². The highest BCUT2D eigenvalue weighted by Crippen LogP contribution is 2.32. The van der Waals surface area contributed by atoms with Gasteiger partial charge in [0.1, 0.15) is 0 Å². The zero-order valence-corrected chi connectivity index (χ0v) is 13.7. The van der Waals surface area contributed by atoms with E-state index in [0.717, 1.165) is 16.6 Å². The molecule has 0 aliphatic carbocycles. The van der Waals surface area contributed by atoms with Crippen molar-refractivity contribution < 1.29 is 9.18 Å². The van der Waals surface area contributed by atoms with E-state index < -0.39 is 5.95 Å². The molecule has 0 aliphatic heterocycles. The van der Waals surface area contributed by atoms with Gasteiger partial charge in [0, 0.05) is 34.6 Å². The first-order valence-electron chi connectivity index (χ1n) is 7.33. The zero-order chi connectivity index (χ0) is 17.3. The van der Waals surface area contributed by atoms with Crippen molar-refractivity contribution in [2.45, 2.75) is 13.5 Å². The van der Waals surface area contributed by atoms with Crippen molar-refractivity contribution in [2.24, 2.45) is 0 Å². The van der Waals surface area contributed by atoms with Crippen LogP contribution >= 0.6 is 11.6 Å². The molecule has 2 aromatic heterocycles. The van der Waals surface area contributed by atoms with E-state index in [1.54, 1.807) is 18.2 Å². The van der Waals surface area contributed by atoms with E-state index in [0.29, 0.717) is 28.4 Å². The Morgan fingerprint density at radius 2 is 2.21 bits per heavy atom. The molecule has 3 aromatic rings. The Morgan fingerprint density at radius 1 is 1.42 bits per heavy atom. The molecule has 6 heteroatoms. The topological polar surface area (TPSA) is 57.8 Å². The standard InChI is InChI=1S/C18H15ClFN3O/c1-3-11-4-5-16(23-18(11)20)14-8-17-12(7-15(14)19)6-13(22-17)9-21-10(2)24/h3-8,22H,1,9H2,2H3,(H,21,24). The summed E-state index contributed by atoms with van der Waals surface area (Å²) in [7, 11) is 0. The van der Waals surface area contributed by atoms with Crippen LogP contribution in [-0.2, 0) is 11.3 Å². The van der Waals surface area contributed by atoms with Gasteiger partial charge in [-0.15, -0.1) is 0 Å². The highest BCUT2D eigenvalue weighted by Gasteiger charge is 2.11. The molecule has 4 nitrogen and oxygen atoms in total. The van der Waals surface area contributed by atoms with Crippen LogP contribution in [0.4, 0.5) is 4.39 Å². The molecule has 0 saturated carbocycles. The molecule has 0 bridgehead atoms. The minimum absolute atomic E-state index is 0.102. The number of nitrogens with zero attached hydrogens (tertiary/aromatic N) is 1. The van der Waals surface area contributed by atoms with Gasteiger partial charge in [-0.2, -0.15) is 4.39 Å². The summed E-state index contributed by atoms with van der Waals surface area (Å²) in [6.07, 6.45) is 1.41. The van der Waals surface area contributed by atoms with E-state index in [-0.39, 0.29) is 5.91 Å². The summed E-state index contributed by atoms with van der Waals surface area (Å²) in [6, 6.07) is 8.84. The SMILES string of the molecule is C=Cc1ccc(-c2cc3[nH]c(CNC(C)=O)cc3cc2Cl)nc1F. The van der Waals surface area contributed by atoms with E-state index in [9.17, 15) is 9.18 Å². The second-order valence-corrected chi connectivity index (χ2v) is 5.81. The molecule has 2 heterocycles. The van der Waals surface area contributed by atoms with Gasteiger partial charge in [0.25, 0.3) is 0 Å². The molecule has 0 fully saturated rings. The molecule has 3 rings (SSSR count). The number of aromatic amines is 1. The first kappa shape index (κ1) is 16.2. The van der Waals surface area contributed by atoms with Crippen LogP contribution in [0.25, 0.3) is 28.2 Å². The largest absolute Gasteiger partial charge is 0.357 e. The van der Waals surface area contributed by atoms with Crippen molar-refractivity contribution in [3.8, 4) is 11.3 Å². The fraction of sp³-hybridized carbons (Fsp3) is 0.111. The van der Waals surface area contributed by atoms with Crippen molar-refractivity contribution in [2.75, 3.05) is 0 Å². The number of aromatic nitrogens is 2. The minimum atomic E-state index is -0.587. The average Bonchev–Trinajstić information content (AvgIpc) is 2.93. The van der Waals surface area contributed by atoms with Crippen LogP contribution in [-0.4, -0.2) is 15.9 Å². The van der Waals surface area contributed by atoms with Crippen molar-refractivity contribution in [1.29, 1.82) is 0 Å². The summed E-state index contributed by atoms with van der Waals surface area (Å²) < 4.78 is 13.9. The Bertz CT molecular complexity index is 949. The summed E-state index contributed by atoms with van der Waals surface area (Å²) in [4.78, 5) is 18.2. The van der Waals surface area contributed by atoms with Crippen LogP contribution in [0.1, 0.15) is 18.2 Å². The lowest BCUT2D eigenvalue weighted by molar-refractivity contribution is -0.119. The maximum absolute atomic E-state index is 13.9. The number of carbonyl (C=O) groups excluding carboxylic acids is 1. The van der Waals surface area contributed by atoms with Crippen molar-refractivity contribution in [3.63, 3.8) is 0 Å². The first-order valence-corrected chi connectivity index (χ1v) is 7.70. The molecule has 122 valence electrons. The van der Waals surface area contributed by atoms with Crippen molar-refractivity contribution >= 4 is 34.5 Å². The monoisotopic (exact) mass is 343 g/mol. The van der Waals surface area contributed by atoms with Crippen LogP contribution < -0.4 is 5.32 Å². The average molecular weight is 344 g/mol. The highest BCUT2D eigenvalue weighted by atomic mass is 35.5. The Kier molecular flexibility index (Phi) is 4.36. The number of hydrogen-bond acceptors (Lipinski definition) is 2. The van der Waals surface area contributed by atoms with Gasteiger partial charge in [-0.05, 0) is 30.3 Å². The second-order valence-electron chi connectivity index (χ2n) is 5.40.